The fourth-order valence-electron chi connectivity index (χ4n) is 7.29. The van der Waals surface area contributed by atoms with Crippen molar-refractivity contribution in [3.05, 3.63) is 48.6 Å². The van der Waals surface area contributed by atoms with Crippen LogP contribution in [0.4, 0.5) is 0 Å². The lowest BCUT2D eigenvalue weighted by atomic mass is 10.1. The van der Waals surface area contributed by atoms with Crippen molar-refractivity contribution in [1.29, 1.82) is 0 Å². The molecule has 56 heavy (non-hydrogen) atoms. The number of hydrogen-bond acceptors (Lipinski definition) is 7. The van der Waals surface area contributed by atoms with Gasteiger partial charge in [-0.1, -0.05) is 133 Å². The average Bonchev–Trinajstić information content (AvgIpc) is 3.64. The maximum Gasteiger partial charge on any atom is 0.329 e. The van der Waals surface area contributed by atoms with Crippen molar-refractivity contribution >= 4 is 17.8 Å². The van der Waals surface area contributed by atoms with Gasteiger partial charge in [-0.15, -0.1) is 0 Å². The van der Waals surface area contributed by atoms with Gasteiger partial charge in [0.2, 0.25) is 5.91 Å². The number of carbonyl (C=O) groups excluding carboxylic acids is 3. The summed E-state index contributed by atoms with van der Waals surface area (Å²) < 4.78 is 16.9. The van der Waals surface area contributed by atoms with Crippen LogP contribution in [0.25, 0.3) is 0 Å². The van der Waals surface area contributed by atoms with Crippen molar-refractivity contribution in [3.63, 3.8) is 0 Å². The van der Waals surface area contributed by atoms with Crippen LogP contribution in [-0.2, 0) is 28.6 Å². The number of ether oxygens (including phenoxy) is 3. The van der Waals surface area contributed by atoms with Crippen LogP contribution in [0.5, 0.6) is 0 Å². The molecule has 0 bridgehead atoms. The highest BCUT2D eigenvalue weighted by Gasteiger charge is 2.42. The summed E-state index contributed by atoms with van der Waals surface area (Å²) in [5.41, 5.74) is 0. The lowest BCUT2D eigenvalue weighted by Crippen LogP contribution is -2.41. The van der Waals surface area contributed by atoms with E-state index >= 15 is 0 Å². The van der Waals surface area contributed by atoms with Gasteiger partial charge in [-0.25, -0.2) is 4.79 Å². The Balaban J connectivity index is 1.66. The van der Waals surface area contributed by atoms with E-state index in [9.17, 15) is 14.4 Å². The van der Waals surface area contributed by atoms with Crippen molar-refractivity contribution in [2.24, 2.45) is 0 Å². The predicted molar refractivity (Wildman–Crippen MR) is 232 cm³/mol. The number of allylic oxidation sites excluding steroid dienone is 8. The van der Waals surface area contributed by atoms with Crippen molar-refractivity contribution in [2.75, 3.05) is 46.0 Å². The predicted octanol–water partition coefficient (Wildman–Crippen LogP) is 11.4. The summed E-state index contributed by atoms with van der Waals surface area (Å²) in [4.78, 5) is 43.3. The molecule has 2 unspecified atom stereocenters. The molecule has 0 N–H and O–H groups in total. The molecule has 2 rings (SSSR count). The molecule has 8 heteroatoms. The minimum Gasteiger partial charge on any atom is -0.464 e. The first-order valence-corrected chi connectivity index (χ1v) is 23.1. The van der Waals surface area contributed by atoms with Gasteiger partial charge in [0.1, 0.15) is 12.1 Å². The number of likely N-dealkylation sites (tertiary alicyclic amines) is 1. The van der Waals surface area contributed by atoms with Gasteiger partial charge in [0.05, 0.1) is 32.8 Å². The Hall–Kier alpha value is -2.71. The van der Waals surface area contributed by atoms with Crippen molar-refractivity contribution < 1.29 is 28.6 Å². The van der Waals surface area contributed by atoms with E-state index < -0.39 is 12.1 Å². The van der Waals surface area contributed by atoms with Gasteiger partial charge in [-0.05, 0) is 77.0 Å². The Morgan fingerprint density at radius 1 is 0.607 bits per heavy atom. The maximum absolute atomic E-state index is 13.4. The molecule has 2 atom stereocenters. The Labute approximate surface area is 342 Å². The topological polar surface area (TPSA) is 85.4 Å². The monoisotopic (exact) mass is 783 g/mol. The smallest absolute Gasteiger partial charge is 0.329 e. The lowest BCUT2D eigenvalue weighted by Gasteiger charge is -2.26. The van der Waals surface area contributed by atoms with E-state index in [1.807, 2.05) is 0 Å². The number of rotatable bonds is 34. The van der Waals surface area contributed by atoms with Gasteiger partial charge in [0.25, 0.3) is 0 Å². The van der Waals surface area contributed by atoms with Gasteiger partial charge in [0, 0.05) is 32.5 Å². The van der Waals surface area contributed by atoms with Crippen LogP contribution in [0.1, 0.15) is 181 Å². The molecule has 1 amide bonds. The molecule has 8 nitrogen and oxygen atoms in total. The summed E-state index contributed by atoms with van der Waals surface area (Å²) in [6.45, 7) is 8.73. The van der Waals surface area contributed by atoms with Gasteiger partial charge < -0.3 is 19.1 Å². The highest BCUT2D eigenvalue weighted by Crippen LogP contribution is 2.24. The average molecular weight is 783 g/mol. The Morgan fingerprint density at radius 3 is 1.66 bits per heavy atom. The first-order valence-electron chi connectivity index (χ1n) is 23.1. The van der Waals surface area contributed by atoms with Crippen LogP contribution in [0.2, 0.25) is 0 Å². The number of hydrogen-bond donors (Lipinski definition) is 0. The number of nitrogens with zero attached hydrogens (tertiary/aromatic N) is 2. The number of morpholine rings is 1. The molecule has 0 aliphatic carbocycles. The number of carbonyl (C=O) groups is 3. The van der Waals surface area contributed by atoms with Crippen molar-refractivity contribution in [1.82, 2.24) is 9.80 Å². The third-order valence-corrected chi connectivity index (χ3v) is 10.8. The molecule has 0 saturated carbocycles. The fraction of sp³-hybridized carbons (Fsp3) is 0.771. The minimum atomic E-state index is -0.692. The van der Waals surface area contributed by atoms with Gasteiger partial charge in [-0.2, -0.15) is 0 Å². The molecule has 320 valence electrons. The number of amides is 1. The maximum atomic E-state index is 13.4. The summed E-state index contributed by atoms with van der Waals surface area (Å²) in [6.07, 6.45) is 45.1. The third kappa shape index (κ3) is 26.3. The van der Waals surface area contributed by atoms with Crippen LogP contribution in [0.15, 0.2) is 48.6 Å². The van der Waals surface area contributed by atoms with E-state index in [-0.39, 0.29) is 24.4 Å². The second-order valence-electron chi connectivity index (χ2n) is 15.8. The largest absolute Gasteiger partial charge is 0.464 e. The first-order chi connectivity index (χ1) is 27.5. The molecule has 0 aromatic heterocycles. The SMILES string of the molecule is CCCCC/C=C\C/C=C\CCCCCCCCOC(=O)C1CC(OC(=O)CCN2CCOCC2)CN1C(=O)CCCCCCC/C=C\C/C=C\CCCCC. The van der Waals surface area contributed by atoms with E-state index in [0.717, 1.165) is 83.7 Å². The molecular formula is C48H82N2O6. The third-order valence-electron chi connectivity index (χ3n) is 10.8. The normalized spacial score (nSPS) is 18.0. The van der Waals surface area contributed by atoms with Crippen LogP contribution in [-0.4, -0.2) is 85.8 Å². The zero-order valence-electron chi connectivity index (χ0n) is 36.0. The second-order valence-corrected chi connectivity index (χ2v) is 15.8. The van der Waals surface area contributed by atoms with E-state index in [4.69, 9.17) is 14.2 Å². The van der Waals surface area contributed by atoms with E-state index in [1.54, 1.807) is 4.90 Å². The second kappa shape index (κ2) is 35.5. The minimum absolute atomic E-state index is 0.0433. The van der Waals surface area contributed by atoms with Crippen molar-refractivity contribution in [2.45, 2.75) is 193 Å². The van der Waals surface area contributed by atoms with Crippen LogP contribution in [0.3, 0.4) is 0 Å². The zero-order chi connectivity index (χ0) is 40.2. The Kier molecular flexibility index (Phi) is 31.3. The lowest BCUT2D eigenvalue weighted by molar-refractivity contribution is -0.153. The standard InChI is InChI=1S/C48H82N2O6/c1-3-5-7-9-11-13-15-17-19-21-23-25-27-29-31-33-39-55-48(53)45-42-44(56-47(52)35-36-49-37-40-54-41-38-49)43-50(45)46(51)34-32-30-28-26-24-22-20-18-16-14-12-10-8-6-4-2/h11-14,17-20,44-45H,3-10,15-16,21-43H2,1-2H3/b13-11-,14-12-,19-17-,20-18-. The van der Waals surface area contributed by atoms with Gasteiger partial charge in [-0.3, -0.25) is 14.5 Å². The molecule has 0 spiro atoms. The molecule has 2 saturated heterocycles. The molecule has 2 heterocycles. The highest BCUT2D eigenvalue weighted by molar-refractivity contribution is 5.85. The number of unbranched alkanes of at least 4 members (excludes halogenated alkanes) is 17. The molecule has 2 aliphatic rings. The van der Waals surface area contributed by atoms with E-state index in [0.29, 0.717) is 45.6 Å². The van der Waals surface area contributed by atoms with Crippen molar-refractivity contribution in [3.8, 4) is 0 Å². The molecule has 2 aliphatic heterocycles. The molecule has 0 aromatic carbocycles. The quantitative estimate of drug-likeness (QED) is 0.0365. The number of esters is 2. The van der Waals surface area contributed by atoms with Crippen LogP contribution >= 0.6 is 0 Å². The summed E-state index contributed by atoms with van der Waals surface area (Å²) in [7, 11) is 0. The summed E-state index contributed by atoms with van der Waals surface area (Å²) in [5, 5.41) is 0. The summed E-state index contributed by atoms with van der Waals surface area (Å²) in [5.74, 6) is -0.691. The molecule has 0 aromatic rings. The fourth-order valence-corrected chi connectivity index (χ4v) is 7.29. The highest BCUT2D eigenvalue weighted by atomic mass is 16.5. The Bertz CT molecular complexity index is 1110. The van der Waals surface area contributed by atoms with Gasteiger partial charge >= 0.3 is 11.9 Å². The van der Waals surface area contributed by atoms with Gasteiger partial charge in [0.15, 0.2) is 0 Å². The Morgan fingerprint density at radius 2 is 1.11 bits per heavy atom. The van der Waals surface area contributed by atoms with E-state index in [1.165, 1.54) is 77.0 Å². The van der Waals surface area contributed by atoms with Crippen LogP contribution in [0, 0.1) is 0 Å². The summed E-state index contributed by atoms with van der Waals surface area (Å²) in [6, 6.07) is -0.692. The molecule has 0 radical (unpaired) electrons. The zero-order valence-corrected chi connectivity index (χ0v) is 36.0. The van der Waals surface area contributed by atoms with Crippen LogP contribution < -0.4 is 0 Å². The first kappa shape index (κ1) is 49.4. The summed E-state index contributed by atoms with van der Waals surface area (Å²) >= 11 is 0. The molecular weight excluding hydrogens is 701 g/mol. The molecule has 2 fully saturated rings. The van der Waals surface area contributed by atoms with E-state index in [2.05, 4.69) is 67.4 Å².